The van der Waals surface area contributed by atoms with Crippen LogP contribution in [0.3, 0.4) is 0 Å². The van der Waals surface area contributed by atoms with Crippen LogP contribution in [0.15, 0.2) is 18.7 Å². The fourth-order valence-corrected chi connectivity index (χ4v) is 4.60. The Bertz CT molecular complexity index is 858. The number of rotatable bonds is 6. The predicted octanol–water partition coefficient (Wildman–Crippen LogP) is 3.09. The molecule has 0 radical (unpaired) electrons. The van der Waals surface area contributed by atoms with Crippen molar-refractivity contribution in [2.45, 2.75) is 96.4 Å². The fraction of sp³-hybridized carbons (Fsp3) is 0.760. The second-order valence-electron chi connectivity index (χ2n) is 11.2. The van der Waals surface area contributed by atoms with Crippen LogP contribution in [0.4, 0.5) is 9.59 Å². The maximum atomic E-state index is 13.3. The molecule has 1 aromatic heterocycles. The van der Waals surface area contributed by atoms with Gasteiger partial charge in [0.15, 0.2) is 0 Å². The molecule has 10 nitrogen and oxygen atoms in total. The van der Waals surface area contributed by atoms with Gasteiger partial charge in [0, 0.05) is 43.6 Å². The van der Waals surface area contributed by atoms with Gasteiger partial charge >= 0.3 is 12.1 Å². The van der Waals surface area contributed by atoms with Crippen LogP contribution in [0.25, 0.3) is 0 Å². The van der Waals surface area contributed by atoms with Gasteiger partial charge in [-0.3, -0.25) is 4.79 Å². The number of hydrogen-bond acceptors (Lipinski definition) is 5. The second-order valence-corrected chi connectivity index (χ2v) is 11.2. The highest BCUT2D eigenvalue weighted by molar-refractivity contribution is 5.88. The first kappa shape index (κ1) is 26.8. The van der Waals surface area contributed by atoms with Crippen LogP contribution in [0, 0.1) is 0 Å². The van der Waals surface area contributed by atoms with Crippen LogP contribution in [0.2, 0.25) is 0 Å². The van der Waals surface area contributed by atoms with Crippen LogP contribution in [0.5, 0.6) is 0 Å². The molecule has 2 heterocycles. The molecule has 2 N–H and O–H groups in total. The first-order chi connectivity index (χ1) is 16.5. The van der Waals surface area contributed by atoms with E-state index in [0.29, 0.717) is 19.5 Å². The predicted molar refractivity (Wildman–Crippen MR) is 133 cm³/mol. The van der Waals surface area contributed by atoms with Crippen molar-refractivity contribution in [3.8, 4) is 0 Å². The number of carbonyl (C=O) groups is 3. The largest absolute Gasteiger partial charge is 0.444 e. The van der Waals surface area contributed by atoms with E-state index in [2.05, 4.69) is 29.5 Å². The van der Waals surface area contributed by atoms with Gasteiger partial charge in [0.2, 0.25) is 5.91 Å². The zero-order valence-corrected chi connectivity index (χ0v) is 21.9. The number of carbonyl (C=O) groups excluding carboxylic acids is 3. The van der Waals surface area contributed by atoms with Crippen molar-refractivity contribution >= 4 is 18.0 Å². The summed E-state index contributed by atoms with van der Waals surface area (Å²) in [5.74, 6) is -0.265. The quantitative estimate of drug-likeness (QED) is 0.637. The third-order valence-corrected chi connectivity index (χ3v) is 6.77. The number of imidazole rings is 1. The van der Waals surface area contributed by atoms with Crippen LogP contribution in [-0.4, -0.2) is 81.2 Å². The van der Waals surface area contributed by atoms with Gasteiger partial charge in [-0.05, 0) is 53.9 Å². The Balaban J connectivity index is 1.65. The van der Waals surface area contributed by atoms with Gasteiger partial charge in [-0.2, -0.15) is 0 Å². The Morgan fingerprint density at radius 1 is 1.06 bits per heavy atom. The molecule has 0 bridgehead atoms. The van der Waals surface area contributed by atoms with E-state index in [1.165, 1.54) is 11.3 Å². The number of nitrogens with one attached hydrogen (secondary N) is 2. The molecule has 1 saturated carbocycles. The number of aromatic nitrogens is 2. The molecule has 1 aliphatic heterocycles. The summed E-state index contributed by atoms with van der Waals surface area (Å²) < 4.78 is 7.53. The summed E-state index contributed by atoms with van der Waals surface area (Å²) in [4.78, 5) is 46.4. The van der Waals surface area contributed by atoms with E-state index in [9.17, 15) is 14.4 Å². The minimum atomic E-state index is -0.781. The molecule has 0 spiro atoms. The van der Waals surface area contributed by atoms with Gasteiger partial charge in [-0.1, -0.05) is 19.3 Å². The zero-order chi connectivity index (χ0) is 25.6. The Labute approximate surface area is 208 Å². The number of piperazine rings is 1. The highest BCUT2D eigenvalue weighted by Crippen LogP contribution is 2.21. The summed E-state index contributed by atoms with van der Waals surface area (Å²) >= 11 is 0. The SMILES string of the molecule is CC(C)(C)OC(=O)N1CCN(C(=O)NC2CCCCC2)[C@@H](C(=O)NCCC(C)(C)n2ccnc2)C1. The van der Waals surface area contributed by atoms with Crippen molar-refractivity contribution in [2.24, 2.45) is 0 Å². The van der Waals surface area contributed by atoms with E-state index in [-0.39, 0.29) is 36.6 Å². The Morgan fingerprint density at radius 3 is 2.40 bits per heavy atom. The van der Waals surface area contributed by atoms with Crippen molar-refractivity contribution in [3.05, 3.63) is 18.7 Å². The van der Waals surface area contributed by atoms with Gasteiger partial charge in [-0.25, -0.2) is 14.6 Å². The Morgan fingerprint density at radius 2 is 1.77 bits per heavy atom. The van der Waals surface area contributed by atoms with Gasteiger partial charge in [0.05, 0.1) is 12.9 Å². The molecule has 1 aliphatic carbocycles. The van der Waals surface area contributed by atoms with Gasteiger partial charge in [-0.15, -0.1) is 0 Å². The fourth-order valence-electron chi connectivity index (χ4n) is 4.60. The van der Waals surface area contributed by atoms with E-state index in [1.807, 2.05) is 31.5 Å². The van der Waals surface area contributed by atoms with Crippen LogP contribution in [-0.2, 0) is 15.1 Å². The first-order valence-corrected chi connectivity index (χ1v) is 12.8. The average molecular weight is 491 g/mol. The molecule has 2 fully saturated rings. The highest BCUT2D eigenvalue weighted by atomic mass is 16.6. The van der Waals surface area contributed by atoms with Crippen LogP contribution in [0.1, 0.15) is 73.1 Å². The lowest BCUT2D eigenvalue weighted by atomic mass is 9.95. The lowest BCUT2D eigenvalue weighted by Crippen LogP contribution is -2.64. The minimum absolute atomic E-state index is 0.101. The summed E-state index contributed by atoms with van der Waals surface area (Å²) in [5.41, 5.74) is -0.861. The van der Waals surface area contributed by atoms with E-state index in [0.717, 1.165) is 25.7 Å². The van der Waals surface area contributed by atoms with Crippen molar-refractivity contribution in [1.29, 1.82) is 0 Å². The summed E-state index contributed by atoms with van der Waals surface area (Å²) in [7, 11) is 0. The number of urea groups is 1. The van der Waals surface area contributed by atoms with E-state index < -0.39 is 17.7 Å². The summed E-state index contributed by atoms with van der Waals surface area (Å²) in [6.07, 6.45) is 10.9. The number of amides is 4. The van der Waals surface area contributed by atoms with Crippen molar-refractivity contribution in [1.82, 2.24) is 30.0 Å². The number of ether oxygens (including phenoxy) is 1. The Kier molecular flexibility index (Phi) is 8.66. The Hall–Kier alpha value is -2.78. The molecule has 0 unspecified atom stereocenters. The number of nitrogens with zero attached hydrogens (tertiary/aromatic N) is 4. The van der Waals surface area contributed by atoms with E-state index in [1.54, 1.807) is 17.4 Å². The molecule has 1 atom stereocenters. The molecule has 2 aliphatic rings. The molecule has 196 valence electrons. The summed E-state index contributed by atoms with van der Waals surface area (Å²) in [6.45, 7) is 10.7. The molecular weight excluding hydrogens is 448 g/mol. The summed E-state index contributed by atoms with van der Waals surface area (Å²) in [6, 6.07) is -0.879. The van der Waals surface area contributed by atoms with E-state index >= 15 is 0 Å². The third kappa shape index (κ3) is 7.60. The van der Waals surface area contributed by atoms with Crippen molar-refractivity contribution in [2.75, 3.05) is 26.2 Å². The normalized spacial score (nSPS) is 19.9. The maximum Gasteiger partial charge on any atom is 0.410 e. The van der Waals surface area contributed by atoms with Crippen LogP contribution >= 0.6 is 0 Å². The number of hydrogen-bond donors (Lipinski definition) is 2. The monoisotopic (exact) mass is 490 g/mol. The van der Waals surface area contributed by atoms with Crippen molar-refractivity contribution < 1.29 is 19.1 Å². The first-order valence-electron chi connectivity index (χ1n) is 12.8. The lowest BCUT2D eigenvalue weighted by Gasteiger charge is -2.41. The molecule has 10 heteroatoms. The molecular formula is C25H42N6O4. The molecule has 35 heavy (non-hydrogen) atoms. The van der Waals surface area contributed by atoms with Gasteiger partial charge in [0.1, 0.15) is 11.6 Å². The van der Waals surface area contributed by atoms with Crippen LogP contribution < -0.4 is 10.6 Å². The molecule has 1 saturated heterocycles. The van der Waals surface area contributed by atoms with E-state index in [4.69, 9.17) is 4.74 Å². The van der Waals surface area contributed by atoms with Crippen molar-refractivity contribution in [3.63, 3.8) is 0 Å². The third-order valence-electron chi connectivity index (χ3n) is 6.77. The topological polar surface area (TPSA) is 109 Å². The molecule has 0 aromatic carbocycles. The zero-order valence-electron chi connectivity index (χ0n) is 21.9. The second kappa shape index (κ2) is 11.3. The molecule has 4 amide bonds. The molecule has 1 aromatic rings. The summed E-state index contributed by atoms with van der Waals surface area (Å²) in [5, 5.41) is 6.11. The lowest BCUT2D eigenvalue weighted by molar-refractivity contribution is -0.127. The standard InChI is InChI=1S/C25H42N6O4/c1-24(2,3)35-23(34)29-15-16-31(22(33)28-19-9-7-6-8-10-19)20(17-29)21(32)27-12-11-25(4,5)30-14-13-26-18-30/h13-14,18-20H,6-12,15-17H2,1-5H3,(H,27,32)(H,28,33)/t20-/m1/s1. The highest BCUT2D eigenvalue weighted by Gasteiger charge is 2.39. The van der Waals surface area contributed by atoms with Gasteiger partial charge < -0.3 is 29.7 Å². The minimum Gasteiger partial charge on any atom is -0.444 e. The molecule has 3 rings (SSSR count). The smallest absolute Gasteiger partial charge is 0.410 e. The maximum absolute atomic E-state index is 13.3. The van der Waals surface area contributed by atoms with Gasteiger partial charge in [0.25, 0.3) is 0 Å². The average Bonchev–Trinajstić information content (AvgIpc) is 3.34.